The standard InChI is InChI=1S/C12H11BrN2O/c1-12(10-5-6-14-15-10)7-16-11-8(12)3-2-4-9(11)13/h2-6H,7H2,1H3,(H,14,15). The van der Waals surface area contributed by atoms with Crippen LogP contribution in [-0.2, 0) is 5.41 Å². The number of nitrogens with zero attached hydrogens (tertiary/aromatic N) is 1. The number of nitrogens with one attached hydrogen (secondary N) is 1. The zero-order valence-corrected chi connectivity index (χ0v) is 10.4. The average Bonchev–Trinajstić information content (AvgIpc) is 2.88. The summed E-state index contributed by atoms with van der Waals surface area (Å²) in [4.78, 5) is 0. The molecule has 1 atom stereocenters. The zero-order chi connectivity index (χ0) is 11.2. The Balaban J connectivity index is 2.19. The monoisotopic (exact) mass is 278 g/mol. The number of benzene rings is 1. The Kier molecular flexibility index (Phi) is 2.07. The summed E-state index contributed by atoms with van der Waals surface area (Å²) in [6, 6.07) is 8.12. The highest BCUT2D eigenvalue weighted by Crippen LogP contribution is 2.45. The molecule has 1 aromatic heterocycles. The molecule has 82 valence electrons. The van der Waals surface area contributed by atoms with E-state index in [1.807, 2.05) is 24.4 Å². The second-order valence-electron chi connectivity index (χ2n) is 4.20. The van der Waals surface area contributed by atoms with Crippen molar-refractivity contribution in [2.24, 2.45) is 0 Å². The number of aromatic amines is 1. The first-order chi connectivity index (χ1) is 7.72. The number of fused-ring (bicyclic) bond motifs is 1. The van der Waals surface area contributed by atoms with E-state index in [-0.39, 0.29) is 5.41 Å². The number of hydrogen-bond acceptors (Lipinski definition) is 2. The van der Waals surface area contributed by atoms with Crippen molar-refractivity contribution in [3.8, 4) is 5.75 Å². The highest BCUT2D eigenvalue weighted by Gasteiger charge is 2.40. The van der Waals surface area contributed by atoms with Gasteiger partial charge in [0, 0.05) is 11.8 Å². The van der Waals surface area contributed by atoms with E-state index in [0.717, 1.165) is 15.9 Å². The van der Waals surface area contributed by atoms with Gasteiger partial charge in [0.05, 0.1) is 15.6 Å². The Morgan fingerprint density at radius 2 is 2.31 bits per heavy atom. The predicted molar refractivity (Wildman–Crippen MR) is 64.7 cm³/mol. The second-order valence-corrected chi connectivity index (χ2v) is 5.05. The van der Waals surface area contributed by atoms with E-state index < -0.39 is 0 Å². The SMILES string of the molecule is CC1(c2cc[nH]n2)COc2c(Br)cccc21. The van der Waals surface area contributed by atoms with E-state index in [4.69, 9.17) is 4.74 Å². The first-order valence-electron chi connectivity index (χ1n) is 5.14. The number of halogens is 1. The Morgan fingerprint density at radius 1 is 1.44 bits per heavy atom. The van der Waals surface area contributed by atoms with Crippen molar-refractivity contribution in [1.29, 1.82) is 0 Å². The van der Waals surface area contributed by atoms with Crippen molar-refractivity contribution < 1.29 is 4.74 Å². The third-order valence-corrected chi connectivity index (χ3v) is 3.76. The molecule has 1 unspecified atom stereocenters. The van der Waals surface area contributed by atoms with Crippen LogP contribution in [0.15, 0.2) is 34.9 Å². The maximum Gasteiger partial charge on any atom is 0.137 e. The predicted octanol–water partition coefficient (Wildman–Crippen LogP) is 2.87. The Hall–Kier alpha value is -1.29. The minimum Gasteiger partial charge on any atom is -0.491 e. The lowest BCUT2D eigenvalue weighted by atomic mass is 9.81. The molecular weight excluding hydrogens is 268 g/mol. The van der Waals surface area contributed by atoms with Crippen molar-refractivity contribution in [2.75, 3.05) is 6.61 Å². The molecule has 0 bridgehead atoms. The number of H-pyrrole nitrogens is 1. The van der Waals surface area contributed by atoms with Gasteiger partial charge in [-0.1, -0.05) is 12.1 Å². The van der Waals surface area contributed by atoms with Gasteiger partial charge >= 0.3 is 0 Å². The van der Waals surface area contributed by atoms with Crippen LogP contribution in [0.2, 0.25) is 0 Å². The maximum absolute atomic E-state index is 5.77. The fourth-order valence-corrected chi connectivity index (χ4v) is 2.64. The summed E-state index contributed by atoms with van der Waals surface area (Å²) in [7, 11) is 0. The molecule has 0 aliphatic carbocycles. The molecule has 2 heterocycles. The highest BCUT2D eigenvalue weighted by atomic mass is 79.9. The van der Waals surface area contributed by atoms with Crippen LogP contribution in [0.5, 0.6) is 5.75 Å². The molecule has 3 rings (SSSR count). The minimum absolute atomic E-state index is 0.154. The maximum atomic E-state index is 5.77. The van der Waals surface area contributed by atoms with Crippen LogP contribution in [0.3, 0.4) is 0 Å². The molecule has 1 aliphatic heterocycles. The number of para-hydroxylation sites is 1. The first-order valence-corrected chi connectivity index (χ1v) is 5.93. The highest BCUT2D eigenvalue weighted by molar-refractivity contribution is 9.10. The number of rotatable bonds is 1. The van der Waals surface area contributed by atoms with Gasteiger partial charge in [-0.3, -0.25) is 5.10 Å². The largest absolute Gasteiger partial charge is 0.491 e. The molecular formula is C12H11BrN2O. The van der Waals surface area contributed by atoms with Gasteiger partial charge in [0.1, 0.15) is 12.4 Å². The molecule has 4 heteroatoms. The number of aromatic nitrogens is 2. The molecule has 1 aliphatic rings. The van der Waals surface area contributed by atoms with E-state index >= 15 is 0 Å². The zero-order valence-electron chi connectivity index (χ0n) is 8.83. The van der Waals surface area contributed by atoms with Gasteiger partial charge in [0.2, 0.25) is 0 Å². The summed E-state index contributed by atoms with van der Waals surface area (Å²) in [5.74, 6) is 0.938. The van der Waals surface area contributed by atoms with Crippen molar-refractivity contribution in [3.05, 3.63) is 46.2 Å². The molecule has 1 aromatic carbocycles. The lowest BCUT2D eigenvalue weighted by Crippen LogP contribution is -2.25. The van der Waals surface area contributed by atoms with Gasteiger partial charge in [0.25, 0.3) is 0 Å². The minimum atomic E-state index is -0.154. The smallest absolute Gasteiger partial charge is 0.137 e. The average molecular weight is 279 g/mol. The van der Waals surface area contributed by atoms with Gasteiger partial charge in [0.15, 0.2) is 0 Å². The summed E-state index contributed by atoms with van der Waals surface area (Å²) in [5, 5.41) is 7.14. The third-order valence-electron chi connectivity index (χ3n) is 3.13. The van der Waals surface area contributed by atoms with Crippen LogP contribution < -0.4 is 4.74 Å². The van der Waals surface area contributed by atoms with Gasteiger partial charge in [-0.05, 0) is 35.0 Å². The normalized spacial score (nSPS) is 22.9. The summed E-state index contributed by atoms with van der Waals surface area (Å²) in [5.41, 5.74) is 2.05. The molecule has 0 radical (unpaired) electrons. The number of ether oxygens (including phenoxy) is 1. The van der Waals surface area contributed by atoms with E-state index in [1.165, 1.54) is 5.56 Å². The molecule has 0 amide bonds. The molecule has 3 nitrogen and oxygen atoms in total. The van der Waals surface area contributed by atoms with E-state index in [1.54, 1.807) is 0 Å². The summed E-state index contributed by atoms with van der Waals surface area (Å²) in [6.07, 6.45) is 1.84. The van der Waals surface area contributed by atoms with Crippen molar-refractivity contribution in [1.82, 2.24) is 10.2 Å². The van der Waals surface area contributed by atoms with E-state index in [9.17, 15) is 0 Å². The Bertz CT molecular complexity index is 524. The fraction of sp³-hybridized carbons (Fsp3) is 0.250. The molecule has 0 saturated heterocycles. The number of hydrogen-bond donors (Lipinski definition) is 1. The van der Waals surface area contributed by atoms with Crippen LogP contribution in [0.1, 0.15) is 18.2 Å². The van der Waals surface area contributed by atoms with E-state index in [2.05, 4.69) is 39.1 Å². The molecule has 1 N–H and O–H groups in total. The summed E-state index contributed by atoms with van der Waals surface area (Å²) >= 11 is 3.51. The quantitative estimate of drug-likeness (QED) is 0.871. The fourth-order valence-electron chi connectivity index (χ4n) is 2.16. The summed E-state index contributed by atoms with van der Waals surface area (Å²) < 4.78 is 6.77. The van der Waals surface area contributed by atoms with Crippen LogP contribution in [0, 0.1) is 0 Å². The second kappa shape index (κ2) is 3.35. The lowest BCUT2D eigenvalue weighted by molar-refractivity contribution is 0.298. The Labute approximate surface area is 102 Å². The van der Waals surface area contributed by atoms with Gasteiger partial charge < -0.3 is 4.74 Å². The van der Waals surface area contributed by atoms with Crippen LogP contribution >= 0.6 is 15.9 Å². The molecule has 0 fully saturated rings. The van der Waals surface area contributed by atoms with Crippen molar-refractivity contribution >= 4 is 15.9 Å². The van der Waals surface area contributed by atoms with Gasteiger partial charge in [-0.15, -0.1) is 0 Å². The molecule has 0 spiro atoms. The van der Waals surface area contributed by atoms with Crippen LogP contribution in [0.25, 0.3) is 0 Å². The topological polar surface area (TPSA) is 37.9 Å². The molecule has 0 saturated carbocycles. The van der Waals surface area contributed by atoms with Crippen molar-refractivity contribution in [3.63, 3.8) is 0 Å². The molecule has 16 heavy (non-hydrogen) atoms. The van der Waals surface area contributed by atoms with Gasteiger partial charge in [-0.2, -0.15) is 5.10 Å². The van der Waals surface area contributed by atoms with Crippen LogP contribution in [-0.4, -0.2) is 16.8 Å². The molecule has 2 aromatic rings. The van der Waals surface area contributed by atoms with Crippen LogP contribution in [0.4, 0.5) is 0 Å². The lowest BCUT2D eigenvalue weighted by Gasteiger charge is -2.19. The van der Waals surface area contributed by atoms with Gasteiger partial charge in [-0.25, -0.2) is 0 Å². The first kappa shape index (κ1) is 9.90. The van der Waals surface area contributed by atoms with E-state index in [0.29, 0.717) is 6.61 Å². The van der Waals surface area contributed by atoms with Crippen molar-refractivity contribution in [2.45, 2.75) is 12.3 Å². The summed E-state index contributed by atoms with van der Waals surface area (Å²) in [6.45, 7) is 2.79. The third kappa shape index (κ3) is 1.23. The Morgan fingerprint density at radius 3 is 3.06 bits per heavy atom.